The number of hydrogen-bond acceptors (Lipinski definition) is 5. The van der Waals surface area contributed by atoms with E-state index in [0.29, 0.717) is 25.4 Å². The monoisotopic (exact) mass is 334 g/mol. The summed E-state index contributed by atoms with van der Waals surface area (Å²) in [7, 11) is 0. The molecule has 1 atom stereocenters. The van der Waals surface area contributed by atoms with Gasteiger partial charge in [0.25, 0.3) is 5.69 Å². The lowest BCUT2D eigenvalue weighted by molar-refractivity contribution is -0.384. The van der Waals surface area contributed by atoms with Gasteiger partial charge in [-0.05, 0) is 12.8 Å². The minimum Gasteiger partial charge on any atom is -0.383 e. The summed E-state index contributed by atoms with van der Waals surface area (Å²) in [5, 5.41) is 14.2. The smallest absolute Gasteiger partial charge is 0.272 e. The lowest BCUT2D eigenvalue weighted by Crippen LogP contribution is -2.15. The summed E-state index contributed by atoms with van der Waals surface area (Å²) < 4.78 is 10.8. The van der Waals surface area contributed by atoms with E-state index in [1.807, 2.05) is 0 Å². The second-order valence-corrected chi connectivity index (χ2v) is 5.49. The minimum absolute atomic E-state index is 0.125. The van der Waals surface area contributed by atoms with Gasteiger partial charge in [0.1, 0.15) is 0 Å². The molecule has 21 heavy (non-hydrogen) atoms. The van der Waals surface area contributed by atoms with Crippen LogP contribution in [0.5, 0.6) is 0 Å². The zero-order valence-electron chi connectivity index (χ0n) is 11.3. The Bertz CT molecular complexity index is 484. The fourth-order valence-electron chi connectivity index (χ4n) is 2.01. The highest BCUT2D eigenvalue weighted by molar-refractivity contribution is 6.39. The Balaban J connectivity index is 1.78. The van der Waals surface area contributed by atoms with Crippen LogP contribution in [0.2, 0.25) is 10.0 Å². The molecule has 0 spiro atoms. The summed E-state index contributed by atoms with van der Waals surface area (Å²) >= 11 is 12.0. The number of nitro benzene ring substituents is 1. The molecule has 1 aliphatic rings. The van der Waals surface area contributed by atoms with Crippen LogP contribution >= 0.6 is 23.2 Å². The van der Waals surface area contributed by atoms with Gasteiger partial charge in [0.2, 0.25) is 0 Å². The Labute approximate surface area is 132 Å². The quantitative estimate of drug-likeness (QED) is 0.469. The standard InChI is InChI=1S/C13H16Cl2N2O4/c14-11-6-9(17(18)19)7-12(15)13(11)16-3-1-4-21-10-2-5-20-8-10/h6-7,10,16H,1-5,8H2. The number of halogens is 2. The van der Waals surface area contributed by atoms with E-state index < -0.39 is 4.92 Å². The Morgan fingerprint density at radius 1 is 1.43 bits per heavy atom. The van der Waals surface area contributed by atoms with E-state index in [2.05, 4.69) is 5.32 Å². The Morgan fingerprint density at radius 3 is 2.71 bits per heavy atom. The third kappa shape index (κ3) is 4.71. The molecule has 1 heterocycles. The molecular formula is C13H16Cl2N2O4. The van der Waals surface area contributed by atoms with Crippen LogP contribution in [0.15, 0.2) is 12.1 Å². The first kappa shape index (κ1) is 16.3. The number of non-ortho nitro benzene ring substituents is 1. The molecule has 6 nitrogen and oxygen atoms in total. The van der Waals surface area contributed by atoms with Crippen molar-refractivity contribution >= 4 is 34.6 Å². The molecule has 1 aromatic rings. The number of nitrogens with one attached hydrogen (secondary N) is 1. The Morgan fingerprint density at radius 2 is 2.14 bits per heavy atom. The second-order valence-electron chi connectivity index (χ2n) is 4.68. The van der Waals surface area contributed by atoms with Gasteiger partial charge >= 0.3 is 0 Å². The highest BCUT2D eigenvalue weighted by Gasteiger charge is 2.16. The molecule has 0 radical (unpaired) electrons. The van der Waals surface area contributed by atoms with Gasteiger partial charge < -0.3 is 14.8 Å². The lowest BCUT2D eigenvalue weighted by atomic mass is 10.2. The molecule has 1 aliphatic heterocycles. The summed E-state index contributed by atoms with van der Waals surface area (Å²) in [6.07, 6.45) is 1.91. The summed E-state index contributed by atoms with van der Waals surface area (Å²) in [5.74, 6) is 0. The van der Waals surface area contributed by atoms with E-state index in [9.17, 15) is 10.1 Å². The molecule has 8 heteroatoms. The van der Waals surface area contributed by atoms with Crippen LogP contribution in [0.25, 0.3) is 0 Å². The Kier molecular flexibility index (Phi) is 6.05. The number of nitro groups is 1. The van der Waals surface area contributed by atoms with Gasteiger partial charge in [-0.15, -0.1) is 0 Å². The van der Waals surface area contributed by atoms with Gasteiger partial charge in [0, 0.05) is 31.9 Å². The van der Waals surface area contributed by atoms with Crippen molar-refractivity contribution in [1.29, 1.82) is 0 Å². The molecule has 1 unspecified atom stereocenters. The predicted octanol–water partition coefficient (Wildman–Crippen LogP) is 3.51. The van der Waals surface area contributed by atoms with E-state index in [1.165, 1.54) is 12.1 Å². The summed E-state index contributed by atoms with van der Waals surface area (Å²) in [4.78, 5) is 10.2. The maximum absolute atomic E-state index is 10.7. The van der Waals surface area contributed by atoms with Crippen molar-refractivity contribution in [2.45, 2.75) is 18.9 Å². The van der Waals surface area contributed by atoms with E-state index >= 15 is 0 Å². The van der Waals surface area contributed by atoms with Gasteiger partial charge in [-0.25, -0.2) is 0 Å². The summed E-state index contributed by atoms with van der Waals surface area (Å²) in [5.41, 5.74) is 0.383. The van der Waals surface area contributed by atoms with Crippen LogP contribution in [0.4, 0.5) is 11.4 Å². The van der Waals surface area contributed by atoms with E-state index in [1.54, 1.807) is 0 Å². The Hall–Kier alpha value is -1.08. The van der Waals surface area contributed by atoms with Gasteiger partial charge in [-0.3, -0.25) is 10.1 Å². The molecule has 116 valence electrons. The zero-order chi connectivity index (χ0) is 15.2. The van der Waals surface area contributed by atoms with E-state index in [4.69, 9.17) is 32.7 Å². The largest absolute Gasteiger partial charge is 0.383 e. The molecule has 1 aromatic carbocycles. The maximum Gasteiger partial charge on any atom is 0.272 e. The normalized spacial score (nSPS) is 17.9. The fraction of sp³-hybridized carbons (Fsp3) is 0.538. The van der Waals surface area contributed by atoms with E-state index in [0.717, 1.165) is 19.4 Å². The number of benzene rings is 1. The van der Waals surface area contributed by atoms with Crippen molar-refractivity contribution in [3.05, 3.63) is 32.3 Å². The van der Waals surface area contributed by atoms with Crippen LogP contribution in [0.3, 0.4) is 0 Å². The average molecular weight is 335 g/mol. The molecule has 1 fully saturated rings. The maximum atomic E-state index is 10.7. The number of anilines is 1. The van der Waals surface area contributed by atoms with E-state index in [-0.39, 0.29) is 21.8 Å². The number of ether oxygens (including phenoxy) is 2. The van der Waals surface area contributed by atoms with Crippen molar-refractivity contribution < 1.29 is 14.4 Å². The lowest BCUT2D eigenvalue weighted by Gasteiger charge is -2.12. The summed E-state index contributed by atoms with van der Waals surface area (Å²) in [6, 6.07) is 2.56. The van der Waals surface area contributed by atoms with Crippen LogP contribution < -0.4 is 5.32 Å². The SMILES string of the molecule is O=[N+]([O-])c1cc(Cl)c(NCCCOC2CCOC2)c(Cl)c1. The van der Waals surface area contributed by atoms with Crippen LogP contribution in [0, 0.1) is 10.1 Å². The first-order chi connectivity index (χ1) is 10.1. The van der Waals surface area contributed by atoms with Crippen molar-refractivity contribution in [3.8, 4) is 0 Å². The molecule has 0 amide bonds. The van der Waals surface area contributed by atoms with Crippen molar-refractivity contribution in [1.82, 2.24) is 0 Å². The number of rotatable bonds is 7. The van der Waals surface area contributed by atoms with Gasteiger partial charge in [0.15, 0.2) is 0 Å². The topological polar surface area (TPSA) is 73.6 Å². The molecule has 0 saturated carbocycles. The molecule has 1 N–H and O–H groups in total. The van der Waals surface area contributed by atoms with Gasteiger partial charge in [0.05, 0.1) is 33.4 Å². The van der Waals surface area contributed by atoms with Crippen LogP contribution in [-0.2, 0) is 9.47 Å². The molecule has 2 rings (SSSR count). The molecule has 0 bridgehead atoms. The first-order valence-electron chi connectivity index (χ1n) is 6.64. The molecule has 1 saturated heterocycles. The van der Waals surface area contributed by atoms with Crippen LogP contribution in [-0.4, -0.2) is 37.4 Å². The molecule has 0 aromatic heterocycles. The molecule has 0 aliphatic carbocycles. The van der Waals surface area contributed by atoms with Gasteiger partial charge in [-0.2, -0.15) is 0 Å². The fourth-order valence-corrected chi connectivity index (χ4v) is 2.62. The second kappa shape index (κ2) is 7.79. The van der Waals surface area contributed by atoms with Crippen molar-refractivity contribution in [2.75, 3.05) is 31.7 Å². The highest BCUT2D eigenvalue weighted by Crippen LogP contribution is 2.34. The van der Waals surface area contributed by atoms with Gasteiger partial charge in [-0.1, -0.05) is 23.2 Å². The number of nitrogens with zero attached hydrogens (tertiary/aromatic N) is 1. The van der Waals surface area contributed by atoms with Crippen molar-refractivity contribution in [2.24, 2.45) is 0 Å². The minimum atomic E-state index is -0.529. The summed E-state index contributed by atoms with van der Waals surface area (Å²) in [6.45, 7) is 2.65. The average Bonchev–Trinajstić information content (AvgIpc) is 2.93. The third-order valence-corrected chi connectivity index (χ3v) is 3.70. The third-order valence-electron chi connectivity index (χ3n) is 3.10. The van der Waals surface area contributed by atoms with Crippen molar-refractivity contribution in [3.63, 3.8) is 0 Å². The first-order valence-corrected chi connectivity index (χ1v) is 7.40. The van der Waals surface area contributed by atoms with Crippen LogP contribution in [0.1, 0.15) is 12.8 Å². The zero-order valence-corrected chi connectivity index (χ0v) is 12.8. The highest BCUT2D eigenvalue weighted by atomic mass is 35.5. The predicted molar refractivity (Wildman–Crippen MR) is 81.4 cm³/mol. The molecular weight excluding hydrogens is 319 g/mol. The number of hydrogen-bond donors (Lipinski definition) is 1.